The Morgan fingerprint density at radius 3 is 2.52 bits per heavy atom. The zero-order valence-electron chi connectivity index (χ0n) is 11.4. The van der Waals surface area contributed by atoms with E-state index in [0.29, 0.717) is 0 Å². The van der Waals surface area contributed by atoms with Gasteiger partial charge in [0.05, 0.1) is 4.90 Å². The lowest BCUT2D eigenvalue weighted by Gasteiger charge is -2.26. The first kappa shape index (κ1) is 14.2. The molecule has 1 unspecified atom stereocenters. The molecule has 0 saturated heterocycles. The summed E-state index contributed by atoms with van der Waals surface area (Å²) in [6, 6.07) is 12.6. The summed E-state index contributed by atoms with van der Waals surface area (Å²) in [4.78, 5) is 0.0898. The van der Waals surface area contributed by atoms with Gasteiger partial charge < -0.3 is 0 Å². The van der Waals surface area contributed by atoms with Crippen LogP contribution in [0.3, 0.4) is 0 Å². The molecule has 1 aliphatic carbocycles. The van der Waals surface area contributed by atoms with Gasteiger partial charge in [0.15, 0.2) is 0 Å². The van der Waals surface area contributed by atoms with Crippen LogP contribution in [0.25, 0.3) is 0 Å². The van der Waals surface area contributed by atoms with Crippen molar-refractivity contribution in [1.82, 2.24) is 4.72 Å². The highest BCUT2D eigenvalue weighted by Crippen LogP contribution is 2.30. The normalized spacial score (nSPS) is 18.2. The summed E-state index contributed by atoms with van der Waals surface area (Å²) >= 11 is 0. The molecular weight excluding hydrogens is 289 g/mol. The van der Waals surface area contributed by atoms with Gasteiger partial charge in [0.25, 0.3) is 0 Å². The van der Waals surface area contributed by atoms with E-state index in [0.717, 1.165) is 37.0 Å². The largest absolute Gasteiger partial charge is 0.241 e. The topological polar surface area (TPSA) is 46.2 Å². The van der Waals surface area contributed by atoms with E-state index < -0.39 is 15.8 Å². The molecule has 3 nitrogen and oxygen atoms in total. The van der Waals surface area contributed by atoms with Gasteiger partial charge in [-0.15, -0.1) is 0 Å². The van der Waals surface area contributed by atoms with Crippen molar-refractivity contribution < 1.29 is 12.8 Å². The van der Waals surface area contributed by atoms with E-state index in [1.165, 1.54) is 17.7 Å². The molecule has 3 rings (SSSR count). The van der Waals surface area contributed by atoms with Crippen LogP contribution in [-0.2, 0) is 16.4 Å². The highest BCUT2D eigenvalue weighted by atomic mass is 32.2. The van der Waals surface area contributed by atoms with Gasteiger partial charge in [-0.3, -0.25) is 0 Å². The summed E-state index contributed by atoms with van der Waals surface area (Å²) in [6.07, 6.45) is 2.70. The molecule has 2 aromatic rings. The van der Waals surface area contributed by atoms with Crippen LogP contribution in [0.4, 0.5) is 4.39 Å². The van der Waals surface area contributed by atoms with Crippen LogP contribution in [0.2, 0.25) is 0 Å². The van der Waals surface area contributed by atoms with Crippen LogP contribution in [0.15, 0.2) is 53.4 Å². The van der Waals surface area contributed by atoms with Crippen molar-refractivity contribution in [3.8, 4) is 0 Å². The Morgan fingerprint density at radius 2 is 1.76 bits per heavy atom. The van der Waals surface area contributed by atoms with Gasteiger partial charge in [0.2, 0.25) is 10.0 Å². The Labute approximate surface area is 123 Å². The molecule has 0 heterocycles. The number of rotatable bonds is 3. The minimum absolute atomic E-state index is 0.0898. The Bertz CT molecular complexity index is 741. The molecular formula is C16H16FNO2S. The molecule has 1 atom stereocenters. The van der Waals surface area contributed by atoms with Gasteiger partial charge >= 0.3 is 0 Å². The second-order valence-corrected chi connectivity index (χ2v) is 6.93. The molecule has 0 spiro atoms. The highest BCUT2D eigenvalue weighted by Gasteiger charge is 2.25. The number of nitrogens with one attached hydrogen (secondary N) is 1. The summed E-state index contributed by atoms with van der Waals surface area (Å²) in [5.41, 5.74) is 2.23. The number of aryl methyl sites for hydroxylation is 1. The summed E-state index contributed by atoms with van der Waals surface area (Å²) in [5.74, 6) is -0.447. The Morgan fingerprint density at radius 1 is 1.05 bits per heavy atom. The molecule has 0 radical (unpaired) electrons. The van der Waals surface area contributed by atoms with Gasteiger partial charge in [-0.05, 0) is 54.7 Å². The molecule has 2 aromatic carbocycles. The molecule has 0 aliphatic heterocycles. The third kappa shape index (κ3) is 2.99. The van der Waals surface area contributed by atoms with Crippen LogP contribution in [-0.4, -0.2) is 8.42 Å². The highest BCUT2D eigenvalue weighted by molar-refractivity contribution is 7.89. The average molecular weight is 305 g/mol. The van der Waals surface area contributed by atoms with E-state index in [1.807, 2.05) is 24.3 Å². The summed E-state index contributed by atoms with van der Waals surface area (Å²) in [5, 5.41) is 0. The first-order valence-electron chi connectivity index (χ1n) is 6.92. The first-order valence-corrected chi connectivity index (χ1v) is 8.40. The maximum Gasteiger partial charge on any atom is 0.241 e. The van der Waals surface area contributed by atoms with Gasteiger partial charge in [0, 0.05) is 6.04 Å². The second-order valence-electron chi connectivity index (χ2n) is 5.22. The lowest BCUT2D eigenvalue weighted by molar-refractivity contribution is 0.507. The number of halogens is 1. The number of hydrogen-bond donors (Lipinski definition) is 1. The standard InChI is InChI=1S/C16H16FNO2S/c17-13-8-10-14(11-9-13)21(19,20)18-16-7-3-5-12-4-1-2-6-15(12)16/h1-2,4,6,8-11,16,18H,3,5,7H2. The lowest BCUT2D eigenvalue weighted by atomic mass is 9.88. The van der Waals surface area contributed by atoms with E-state index in [4.69, 9.17) is 0 Å². The van der Waals surface area contributed by atoms with Crippen LogP contribution in [0, 0.1) is 5.82 Å². The minimum atomic E-state index is -3.64. The third-order valence-electron chi connectivity index (χ3n) is 3.79. The van der Waals surface area contributed by atoms with Crippen LogP contribution in [0.1, 0.15) is 30.0 Å². The number of fused-ring (bicyclic) bond motifs is 1. The van der Waals surface area contributed by atoms with Crippen molar-refractivity contribution in [1.29, 1.82) is 0 Å². The van der Waals surface area contributed by atoms with E-state index in [9.17, 15) is 12.8 Å². The fourth-order valence-corrected chi connectivity index (χ4v) is 4.00. The minimum Gasteiger partial charge on any atom is -0.207 e. The number of benzene rings is 2. The van der Waals surface area contributed by atoms with Crippen molar-refractivity contribution in [2.45, 2.75) is 30.2 Å². The van der Waals surface area contributed by atoms with E-state index in [-0.39, 0.29) is 10.9 Å². The maximum absolute atomic E-state index is 12.9. The fraction of sp³-hybridized carbons (Fsp3) is 0.250. The van der Waals surface area contributed by atoms with E-state index >= 15 is 0 Å². The molecule has 21 heavy (non-hydrogen) atoms. The second kappa shape index (κ2) is 5.58. The van der Waals surface area contributed by atoms with Crippen molar-refractivity contribution in [2.24, 2.45) is 0 Å². The summed E-state index contributed by atoms with van der Waals surface area (Å²) < 4.78 is 40.4. The van der Waals surface area contributed by atoms with Crippen molar-refractivity contribution in [3.05, 3.63) is 65.5 Å². The molecule has 0 aromatic heterocycles. The Kier molecular flexibility index (Phi) is 3.78. The summed E-state index contributed by atoms with van der Waals surface area (Å²) in [7, 11) is -3.64. The maximum atomic E-state index is 12.9. The van der Waals surface area contributed by atoms with Crippen molar-refractivity contribution in [2.75, 3.05) is 0 Å². The van der Waals surface area contributed by atoms with E-state index in [1.54, 1.807) is 0 Å². The van der Waals surface area contributed by atoms with Gasteiger partial charge in [-0.25, -0.2) is 17.5 Å². The third-order valence-corrected chi connectivity index (χ3v) is 5.28. The van der Waals surface area contributed by atoms with Crippen LogP contribution < -0.4 is 4.72 Å². The molecule has 1 aliphatic rings. The number of hydrogen-bond acceptors (Lipinski definition) is 2. The van der Waals surface area contributed by atoms with Crippen molar-refractivity contribution >= 4 is 10.0 Å². The zero-order valence-corrected chi connectivity index (χ0v) is 12.2. The van der Waals surface area contributed by atoms with Gasteiger partial charge in [0.1, 0.15) is 5.82 Å². The lowest BCUT2D eigenvalue weighted by Crippen LogP contribution is -2.31. The molecule has 0 saturated carbocycles. The monoisotopic (exact) mass is 305 g/mol. The molecule has 110 valence electrons. The average Bonchev–Trinajstić information content (AvgIpc) is 2.48. The van der Waals surface area contributed by atoms with Crippen LogP contribution >= 0.6 is 0 Å². The van der Waals surface area contributed by atoms with Crippen LogP contribution in [0.5, 0.6) is 0 Å². The Hall–Kier alpha value is -1.72. The first-order chi connectivity index (χ1) is 10.1. The summed E-state index contributed by atoms with van der Waals surface area (Å²) in [6.45, 7) is 0. The Balaban J connectivity index is 1.88. The predicted octanol–water partition coefficient (Wildman–Crippen LogP) is 3.18. The molecule has 0 bridgehead atoms. The van der Waals surface area contributed by atoms with Crippen molar-refractivity contribution in [3.63, 3.8) is 0 Å². The molecule has 0 fully saturated rings. The smallest absolute Gasteiger partial charge is 0.207 e. The fourth-order valence-electron chi connectivity index (χ4n) is 2.75. The predicted molar refractivity (Wildman–Crippen MR) is 78.8 cm³/mol. The van der Waals surface area contributed by atoms with E-state index in [2.05, 4.69) is 4.72 Å². The molecule has 5 heteroatoms. The van der Waals surface area contributed by atoms with Gasteiger partial charge in [-0.1, -0.05) is 24.3 Å². The number of sulfonamides is 1. The quantitative estimate of drug-likeness (QED) is 0.946. The zero-order chi connectivity index (χ0) is 14.9. The van der Waals surface area contributed by atoms with Gasteiger partial charge in [-0.2, -0.15) is 0 Å². The SMILES string of the molecule is O=S(=O)(NC1CCCc2ccccc21)c1ccc(F)cc1. The molecule has 1 N–H and O–H groups in total. The molecule has 0 amide bonds.